The highest BCUT2D eigenvalue weighted by Crippen LogP contribution is 2.26. The highest BCUT2D eigenvalue weighted by Gasteiger charge is 2.24. The van der Waals surface area contributed by atoms with E-state index in [9.17, 15) is 4.79 Å². The maximum atomic E-state index is 12.1. The molecule has 1 saturated heterocycles. The van der Waals surface area contributed by atoms with Gasteiger partial charge in [0.1, 0.15) is 11.2 Å². The number of nitrogens with one attached hydrogen (secondary N) is 1. The van der Waals surface area contributed by atoms with Gasteiger partial charge in [-0.05, 0) is 25.0 Å². The minimum atomic E-state index is -0.192. The van der Waals surface area contributed by atoms with Crippen molar-refractivity contribution in [3.63, 3.8) is 0 Å². The Balaban J connectivity index is 1.38. The Bertz CT molecular complexity index is 890. The van der Waals surface area contributed by atoms with Crippen molar-refractivity contribution in [2.75, 3.05) is 18.0 Å². The summed E-state index contributed by atoms with van der Waals surface area (Å²) in [6.07, 6.45) is 6.14. The van der Waals surface area contributed by atoms with E-state index in [1.165, 1.54) is 12.4 Å². The molecule has 7 nitrogen and oxygen atoms in total. The Labute approximate surface area is 149 Å². The SMILES string of the molecule is O=C(NC1CCN(c2nc3ccc(Cl)cc3o2)CC1)c1cnccn1. The summed E-state index contributed by atoms with van der Waals surface area (Å²) >= 11 is 5.98. The van der Waals surface area contributed by atoms with E-state index in [1.54, 1.807) is 18.3 Å². The highest BCUT2D eigenvalue weighted by molar-refractivity contribution is 6.31. The number of hydrogen-bond donors (Lipinski definition) is 1. The van der Waals surface area contributed by atoms with E-state index in [2.05, 4.69) is 25.2 Å². The first-order valence-electron chi connectivity index (χ1n) is 8.07. The second kappa shape index (κ2) is 6.68. The number of carbonyl (C=O) groups excluding carboxylic acids is 1. The molecule has 1 aliphatic heterocycles. The van der Waals surface area contributed by atoms with Gasteiger partial charge in [-0.2, -0.15) is 4.98 Å². The fourth-order valence-electron chi connectivity index (χ4n) is 2.91. The third-order valence-electron chi connectivity index (χ3n) is 4.24. The lowest BCUT2D eigenvalue weighted by molar-refractivity contribution is 0.0925. The van der Waals surface area contributed by atoms with Gasteiger partial charge in [-0.1, -0.05) is 11.6 Å². The highest BCUT2D eigenvalue weighted by atomic mass is 35.5. The van der Waals surface area contributed by atoms with Gasteiger partial charge in [-0.3, -0.25) is 9.78 Å². The van der Waals surface area contributed by atoms with Gasteiger partial charge in [0.25, 0.3) is 11.9 Å². The molecule has 1 fully saturated rings. The molecule has 25 heavy (non-hydrogen) atoms. The van der Waals surface area contributed by atoms with Crippen molar-refractivity contribution in [1.82, 2.24) is 20.3 Å². The van der Waals surface area contributed by atoms with Gasteiger partial charge in [-0.15, -0.1) is 0 Å². The molecule has 0 saturated carbocycles. The van der Waals surface area contributed by atoms with Crippen LogP contribution in [0.25, 0.3) is 11.1 Å². The van der Waals surface area contributed by atoms with Crippen LogP contribution in [-0.2, 0) is 0 Å². The Kier molecular flexibility index (Phi) is 4.23. The molecule has 1 aliphatic rings. The molecule has 0 unspecified atom stereocenters. The number of hydrogen-bond acceptors (Lipinski definition) is 6. The van der Waals surface area contributed by atoms with E-state index in [0.29, 0.717) is 22.3 Å². The van der Waals surface area contributed by atoms with E-state index in [0.717, 1.165) is 31.4 Å². The van der Waals surface area contributed by atoms with E-state index < -0.39 is 0 Å². The van der Waals surface area contributed by atoms with Gasteiger partial charge in [0.2, 0.25) is 0 Å². The minimum absolute atomic E-state index is 0.101. The number of nitrogens with zero attached hydrogens (tertiary/aromatic N) is 4. The summed E-state index contributed by atoms with van der Waals surface area (Å²) in [5.74, 6) is -0.192. The van der Waals surface area contributed by atoms with Crippen LogP contribution in [0.4, 0.5) is 6.01 Å². The molecule has 0 radical (unpaired) electrons. The topological polar surface area (TPSA) is 84.2 Å². The summed E-state index contributed by atoms with van der Waals surface area (Å²) in [6, 6.07) is 6.10. The molecule has 8 heteroatoms. The van der Waals surface area contributed by atoms with Crippen LogP contribution in [-0.4, -0.2) is 40.0 Å². The molecule has 4 rings (SSSR count). The maximum Gasteiger partial charge on any atom is 0.298 e. The van der Waals surface area contributed by atoms with E-state index in [-0.39, 0.29) is 11.9 Å². The molecule has 0 atom stereocenters. The number of aromatic nitrogens is 3. The van der Waals surface area contributed by atoms with E-state index in [1.807, 2.05) is 6.07 Å². The molecular formula is C17H16ClN5O2. The largest absolute Gasteiger partial charge is 0.423 e. The van der Waals surface area contributed by atoms with Crippen LogP contribution < -0.4 is 10.2 Å². The lowest BCUT2D eigenvalue weighted by Crippen LogP contribution is -2.45. The summed E-state index contributed by atoms with van der Waals surface area (Å²) in [7, 11) is 0. The first-order valence-corrected chi connectivity index (χ1v) is 8.45. The molecular weight excluding hydrogens is 342 g/mol. The molecule has 128 valence electrons. The standard InChI is InChI=1S/C17H16ClN5O2/c18-11-1-2-13-15(9-11)25-17(22-13)23-7-3-12(4-8-23)21-16(24)14-10-19-5-6-20-14/h1-2,5-6,9-10,12H,3-4,7-8H2,(H,21,24). The van der Waals surface area contributed by atoms with Gasteiger partial charge < -0.3 is 14.6 Å². The molecule has 1 N–H and O–H groups in total. The van der Waals surface area contributed by atoms with Crippen LogP contribution in [0, 0.1) is 0 Å². The average molecular weight is 358 g/mol. The molecule has 2 aromatic heterocycles. The zero-order chi connectivity index (χ0) is 17.2. The normalized spacial score (nSPS) is 15.5. The van der Waals surface area contributed by atoms with Crippen molar-refractivity contribution >= 4 is 34.6 Å². The summed E-state index contributed by atoms with van der Waals surface area (Å²) in [6.45, 7) is 1.51. The van der Waals surface area contributed by atoms with E-state index in [4.69, 9.17) is 16.0 Å². The van der Waals surface area contributed by atoms with Crippen molar-refractivity contribution in [3.05, 3.63) is 47.5 Å². The molecule has 3 aromatic rings. The lowest BCUT2D eigenvalue weighted by atomic mass is 10.1. The van der Waals surface area contributed by atoms with E-state index >= 15 is 0 Å². The predicted octanol–water partition coefficient (Wildman–Crippen LogP) is 2.67. The zero-order valence-corrected chi connectivity index (χ0v) is 14.1. The van der Waals surface area contributed by atoms with Crippen molar-refractivity contribution in [1.29, 1.82) is 0 Å². The molecule has 0 bridgehead atoms. The van der Waals surface area contributed by atoms with Crippen LogP contribution in [0.5, 0.6) is 0 Å². The fourth-order valence-corrected chi connectivity index (χ4v) is 3.07. The number of anilines is 1. The maximum absolute atomic E-state index is 12.1. The van der Waals surface area contributed by atoms with Crippen LogP contribution in [0.2, 0.25) is 5.02 Å². The Morgan fingerprint density at radius 2 is 2.12 bits per heavy atom. The van der Waals surface area contributed by atoms with Crippen molar-refractivity contribution in [2.24, 2.45) is 0 Å². The van der Waals surface area contributed by atoms with Gasteiger partial charge in [-0.25, -0.2) is 4.98 Å². The van der Waals surface area contributed by atoms with Gasteiger partial charge in [0.05, 0.1) is 6.20 Å². The van der Waals surface area contributed by atoms with Gasteiger partial charge >= 0.3 is 0 Å². The average Bonchev–Trinajstić information content (AvgIpc) is 3.06. The predicted molar refractivity (Wildman–Crippen MR) is 93.8 cm³/mol. The second-order valence-corrected chi connectivity index (χ2v) is 6.37. The molecule has 1 amide bonds. The summed E-state index contributed by atoms with van der Waals surface area (Å²) in [5.41, 5.74) is 1.80. The third kappa shape index (κ3) is 3.41. The third-order valence-corrected chi connectivity index (χ3v) is 4.47. The Morgan fingerprint density at radius 3 is 2.88 bits per heavy atom. The second-order valence-electron chi connectivity index (χ2n) is 5.93. The fraction of sp³-hybridized carbons (Fsp3) is 0.294. The number of halogens is 1. The first kappa shape index (κ1) is 15.8. The molecule has 0 spiro atoms. The summed E-state index contributed by atoms with van der Waals surface area (Å²) in [4.78, 5) is 26.7. The van der Waals surface area contributed by atoms with Crippen LogP contribution in [0.15, 0.2) is 41.2 Å². The van der Waals surface area contributed by atoms with Gasteiger partial charge in [0, 0.05) is 42.6 Å². The lowest BCUT2D eigenvalue weighted by Gasteiger charge is -2.31. The van der Waals surface area contributed by atoms with Crippen molar-refractivity contribution in [2.45, 2.75) is 18.9 Å². The number of oxazole rings is 1. The Hall–Kier alpha value is -2.67. The monoisotopic (exact) mass is 357 g/mol. The molecule has 1 aromatic carbocycles. The number of amides is 1. The summed E-state index contributed by atoms with van der Waals surface area (Å²) in [5, 5.41) is 3.63. The number of fused-ring (bicyclic) bond motifs is 1. The molecule has 3 heterocycles. The molecule has 0 aliphatic carbocycles. The Morgan fingerprint density at radius 1 is 1.28 bits per heavy atom. The van der Waals surface area contributed by atoms with Crippen LogP contribution in [0.3, 0.4) is 0 Å². The van der Waals surface area contributed by atoms with Crippen LogP contribution >= 0.6 is 11.6 Å². The quantitative estimate of drug-likeness (QED) is 0.775. The van der Waals surface area contributed by atoms with Crippen molar-refractivity contribution in [3.8, 4) is 0 Å². The smallest absolute Gasteiger partial charge is 0.298 e. The van der Waals surface area contributed by atoms with Gasteiger partial charge in [0.15, 0.2) is 5.58 Å². The zero-order valence-electron chi connectivity index (χ0n) is 13.4. The summed E-state index contributed by atoms with van der Waals surface area (Å²) < 4.78 is 5.80. The number of rotatable bonds is 3. The number of benzene rings is 1. The first-order chi connectivity index (χ1) is 12.2. The number of piperidine rings is 1. The van der Waals surface area contributed by atoms with Crippen molar-refractivity contribution < 1.29 is 9.21 Å². The van der Waals surface area contributed by atoms with Crippen LogP contribution in [0.1, 0.15) is 23.3 Å². The minimum Gasteiger partial charge on any atom is -0.423 e. The number of carbonyl (C=O) groups is 1.